The minimum Gasteiger partial charge on any atom is -0.366 e. The van der Waals surface area contributed by atoms with Gasteiger partial charge in [0.15, 0.2) is 5.16 Å². The molecule has 0 saturated heterocycles. The van der Waals surface area contributed by atoms with Crippen LogP contribution in [0.1, 0.15) is 21.5 Å². The van der Waals surface area contributed by atoms with Crippen LogP contribution in [0.2, 0.25) is 0 Å². The van der Waals surface area contributed by atoms with Crippen LogP contribution in [0.5, 0.6) is 0 Å². The number of benzene rings is 2. The molecule has 4 aromatic rings. The van der Waals surface area contributed by atoms with Gasteiger partial charge in [0.1, 0.15) is 5.00 Å². The second-order valence-corrected chi connectivity index (χ2v) is 9.01. The van der Waals surface area contributed by atoms with Gasteiger partial charge in [0.25, 0.3) is 11.5 Å². The number of para-hydroxylation sites is 1. The van der Waals surface area contributed by atoms with Gasteiger partial charge in [0.05, 0.1) is 28.8 Å². The van der Waals surface area contributed by atoms with Crippen molar-refractivity contribution in [1.29, 1.82) is 0 Å². The van der Waals surface area contributed by atoms with Gasteiger partial charge in [0.2, 0.25) is 5.91 Å². The van der Waals surface area contributed by atoms with Crippen LogP contribution in [-0.4, -0.2) is 27.1 Å². The maximum atomic E-state index is 13.2. The Hall–Kier alpha value is -3.43. The van der Waals surface area contributed by atoms with Crippen LogP contribution in [0.25, 0.3) is 10.9 Å². The summed E-state index contributed by atoms with van der Waals surface area (Å²) in [5.74, 6) is -0.893. The molecule has 2 aromatic heterocycles. The van der Waals surface area contributed by atoms with Crippen LogP contribution in [0.15, 0.2) is 69.9 Å². The van der Waals surface area contributed by atoms with Crippen molar-refractivity contribution in [3.63, 3.8) is 0 Å². The molecule has 0 aliphatic heterocycles. The Morgan fingerprint density at radius 3 is 2.62 bits per heavy atom. The van der Waals surface area contributed by atoms with Crippen molar-refractivity contribution in [1.82, 2.24) is 9.55 Å². The van der Waals surface area contributed by atoms with Gasteiger partial charge in [0, 0.05) is 0 Å². The quantitative estimate of drug-likeness (QED) is 0.321. The minimum atomic E-state index is -0.600. The van der Waals surface area contributed by atoms with E-state index in [9.17, 15) is 14.4 Å². The Morgan fingerprint density at radius 2 is 1.88 bits per heavy atom. The molecular formula is C23H20N4O3S2. The number of nitrogens with one attached hydrogen (secondary N) is 1. The van der Waals surface area contributed by atoms with E-state index in [0.29, 0.717) is 27.6 Å². The second kappa shape index (κ2) is 9.37. The lowest BCUT2D eigenvalue weighted by Gasteiger charge is -2.13. The second-order valence-electron chi connectivity index (χ2n) is 7.15. The highest BCUT2D eigenvalue weighted by Crippen LogP contribution is 2.24. The molecule has 0 radical (unpaired) electrons. The van der Waals surface area contributed by atoms with Crippen LogP contribution in [0.4, 0.5) is 5.00 Å². The Balaban J connectivity index is 1.61. The number of carbonyl (C=O) groups is 2. The normalized spacial score (nSPS) is 10.9. The molecule has 0 bridgehead atoms. The molecule has 2 amide bonds. The minimum absolute atomic E-state index is 0.0226. The van der Waals surface area contributed by atoms with E-state index in [2.05, 4.69) is 10.3 Å². The number of hydrogen-bond acceptors (Lipinski definition) is 6. The van der Waals surface area contributed by atoms with Crippen molar-refractivity contribution in [2.75, 3.05) is 11.1 Å². The zero-order valence-corrected chi connectivity index (χ0v) is 18.8. The highest BCUT2D eigenvalue weighted by molar-refractivity contribution is 7.99. The van der Waals surface area contributed by atoms with Gasteiger partial charge >= 0.3 is 0 Å². The SMILES string of the molecule is Cc1ccc(Cn2c(SCC(=O)Nc3sccc3C(N)=O)nc3ccccc3c2=O)cc1. The number of aryl methyl sites for hydroxylation is 1. The molecule has 0 fully saturated rings. The fourth-order valence-corrected chi connectivity index (χ4v) is 4.77. The molecule has 0 aliphatic carbocycles. The van der Waals surface area contributed by atoms with Crippen molar-refractivity contribution in [2.24, 2.45) is 5.73 Å². The summed E-state index contributed by atoms with van der Waals surface area (Å²) in [6.07, 6.45) is 0. The van der Waals surface area contributed by atoms with Crippen LogP contribution in [0, 0.1) is 6.92 Å². The van der Waals surface area contributed by atoms with Gasteiger partial charge in [-0.25, -0.2) is 4.98 Å². The third kappa shape index (κ3) is 4.74. The lowest BCUT2D eigenvalue weighted by atomic mass is 10.1. The first-order chi connectivity index (χ1) is 15.4. The van der Waals surface area contributed by atoms with Crippen molar-refractivity contribution >= 4 is 50.8 Å². The molecule has 3 N–H and O–H groups in total. The molecule has 2 heterocycles. The smallest absolute Gasteiger partial charge is 0.262 e. The summed E-state index contributed by atoms with van der Waals surface area (Å²) >= 11 is 2.40. The Labute approximate surface area is 192 Å². The van der Waals surface area contributed by atoms with Crippen molar-refractivity contribution in [3.8, 4) is 0 Å². The van der Waals surface area contributed by atoms with Gasteiger partial charge in [-0.1, -0.05) is 53.7 Å². The van der Waals surface area contributed by atoms with E-state index < -0.39 is 5.91 Å². The van der Waals surface area contributed by atoms with E-state index in [-0.39, 0.29) is 22.8 Å². The number of anilines is 1. The number of nitrogens with zero attached hydrogens (tertiary/aromatic N) is 2. The number of hydrogen-bond donors (Lipinski definition) is 2. The maximum absolute atomic E-state index is 13.2. The van der Waals surface area contributed by atoms with Gasteiger partial charge in [-0.3, -0.25) is 19.0 Å². The largest absolute Gasteiger partial charge is 0.366 e. The zero-order valence-electron chi connectivity index (χ0n) is 17.2. The standard InChI is InChI=1S/C23H20N4O3S2/c1-14-6-8-15(9-7-14)12-27-22(30)16-4-2-3-5-18(16)25-23(27)32-13-19(28)26-21-17(20(24)29)10-11-31-21/h2-11H,12-13H2,1H3,(H2,24,29)(H,26,28). The van der Waals surface area contributed by atoms with Gasteiger partial charge in [-0.05, 0) is 36.1 Å². The summed E-state index contributed by atoms with van der Waals surface area (Å²) < 4.78 is 1.59. The molecule has 0 atom stereocenters. The maximum Gasteiger partial charge on any atom is 0.262 e. The number of thioether (sulfide) groups is 1. The summed E-state index contributed by atoms with van der Waals surface area (Å²) in [6.45, 7) is 2.35. The number of fused-ring (bicyclic) bond motifs is 1. The summed E-state index contributed by atoms with van der Waals surface area (Å²) in [6, 6.07) is 16.7. The first kappa shape index (κ1) is 21.8. The van der Waals surface area contributed by atoms with Crippen LogP contribution < -0.4 is 16.6 Å². The first-order valence-electron chi connectivity index (χ1n) is 9.77. The molecule has 0 spiro atoms. The predicted octanol–water partition coefficient (Wildman–Crippen LogP) is 3.64. The molecule has 7 nitrogen and oxygen atoms in total. The zero-order chi connectivity index (χ0) is 22.7. The van der Waals surface area contributed by atoms with Gasteiger partial charge in [-0.2, -0.15) is 0 Å². The topological polar surface area (TPSA) is 107 Å². The predicted molar refractivity (Wildman–Crippen MR) is 128 cm³/mol. The first-order valence-corrected chi connectivity index (χ1v) is 11.6. The molecule has 4 rings (SSSR count). The Morgan fingerprint density at radius 1 is 1.12 bits per heavy atom. The summed E-state index contributed by atoms with van der Waals surface area (Å²) in [5.41, 5.74) is 8.12. The molecule has 32 heavy (non-hydrogen) atoms. The average Bonchev–Trinajstić information content (AvgIpc) is 3.24. The lowest BCUT2D eigenvalue weighted by Crippen LogP contribution is -2.25. The third-order valence-electron chi connectivity index (χ3n) is 4.80. The van der Waals surface area contributed by atoms with Gasteiger partial charge < -0.3 is 11.1 Å². The Kier molecular flexibility index (Phi) is 6.38. The highest BCUT2D eigenvalue weighted by atomic mass is 32.2. The van der Waals surface area contributed by atoms with E-state index in [1.807, 2.05) is 37.3 Å². The van der Waals surface area contributed by atoms with E-state index in [4.69, 9.17) is 5.73 Å². The van der Waals surface area contributed by atoms with Crippen LogP contribution in [0.3, 0.4) is 0 Å². The van der Waals surface area contributed by atoms with Gasteiger partial charge in [-0.15, -0.1) is 11.3 Å². The van der Waals surface area contributed by atoms with E-state index >= 15 is 0 Å². The summed E-state index contributed by atoms with van der Waals surface area (Å²) in [7, 11) is 0. The summed E-state index contributed by atoms with van der Waals surface area (Å²) in [4.78, 5) is 41.8. The van der Waals surface area contributed by atoms with Crippen molar-refractivity contribution < 1.29 is 9.59 Å². The van der Waals surface area contributed by atoms with Crippen molar-refractivity contribution in [3.05, 3.63) is 87.0 Å². The highest BCUT2D eigenvalue weighted by Gasteiger charge is 2.16. The lowest BCUT2D eigenvalue weighted by molar-refractivity contribution is -0.113. The van der Waals surface area contributed by atoms with E-state index in [1.165, 1.54) is 23.1 Å². The number of primary amides is 1. The Bertz CT molecular complexity index is 1360. The fraction of sp³-hybridized carbons (Fsp3) is 0.130. The fourth-order valence-electron chi connectivity index (χ4n) is 3.17. The molecule has 0 saturated carbocycles. The number of carbonyl (C=O) groups excluding carboxylic acids is 2. The summed E-state index contributed by atoms with van der Waals surface area (Å²) in [5, 5.41) is 5.78. The number of rotatable bonds is 7. The molecule has 2 aromatic carbocycles. The van der Waals surface area contributed by atoms with Crippen LogP contribution in [-0.2, 0) is 11.3 Å². The average molecular weight is 465 g/mol. The molecule has 9 heteroatoms. The number of amides is 2. The van der Waals surface area contributed by atoms with Crippen LogP contribution >= 0.6 is 23.1 Å². The van der Waals surface area contributed by atoms with E-state index in [1.54, 1.807) is 34.2 Å². The number of nitrogens with two attached hydrogens (primary N) is 1. The number of thiophene rings is 1. The molecule has 0 unspecified atom stereocenters. The molecular weight excluding hydrogens is 444 g/mol. The monoisotopic (exact) mass is 464 g/mol. The number of aromatic nitrogens is 2. The third-order valence-corrected chi connectivity index (χ3v) is 6.61. The van der Waals surface area contributed by atoms with E-state index in [0.717, 1.165) is 11.1 Å². The molecule has 0 aliphatic rings. The molecule has 162 valence electrons. The van der Waals surface area contributed by atoms with Crippen molar-refractivity contribution in [2.45, 2.75) is 18.6 Å².